The molecule has 0 spiro atoms. The highest BCUT2D eigenvalue weighted by molar-refractivity contribution is 14.0. The second-order valence-corrected chi connectivity index (χ2v) is 5.96. The van der Waals surface area contributed by atoms with Crippen LogP contribution < -0.4 is 15.5 Å². The molecule has 1 heterocycles. The van der Waals surface area contributed by atoms with Crippen molar-refractivity contribution in [2.45, 2.75) is 13.1 Å². The molecule has 2 aromatic rings. The molecule has 3 rings (SSSR count). The third-order valence-corrected chi connectivity index (χ3v) is 4.13. The average molecular weight is 466 g/mol. The molecule has 0 bridgehead atoms. The average Bonchev–Trinajstić information content (AvgIpc) is 3.17. The van der Waals surface area contributed by atoms with Crippen molar-refractivity contribution in [3.8, 4) is 0 Å². The number of benzene rings is 2. The number of hydrogen-bond donors (Lipinski definition) is 2. The van der Waals surface area contributed by atoms with Crippen LogP contribution in [0.2, 0.25) is 0 Å². The van der Waals surface area contributed by atoms with Crippen LogP contribution in [0.25, 0.3) is 0 Å². The maximum Gasteiger partial charge on any atom is 0.191 e. The SMILES string of the molecule is CN=C(NCc1cccc(F)c1)NCc1cccc(N2CC=CC2)c1.I. The number of guanidine groups is 1. The summed E-state index contributed by atoms with van der Waals surface area (Å²) in [5.74, 6) is 0.466. The zero-order valence-electron chi connectivity index (χ0n) is 14.8. The van der Waals surface area contributed by atoms with Crippen molar-refractivity contribution < 1.29 is 4.39 Å². The summed E-state index contributed by atoms with van der Waals surface area (Å²) in [6, 6.07) is 15.1. The molecule has 0 fully saturated rings. The first-order valence-corrected chi connectivity index (χ1v) is 8.42. The summed E-state index contributed by atoms with van der Waals surface area (Å²) in [5.41, 5.74) is 3.30. The number of aliphatic imine (C=N–C) groups is 1. The highest BCUT2D eigenvalue weighted by atomic mass is 127. The molecule has 0 atom stereocenters. The maximum absolute atomic E-state index is 13.2. The summed E-state index contributed by atoms with van der Waals surface area (Å²) in [7, 11) is 1.73. The molecule has 2 N–H and O–H groups in total. The molecular formula is C20H24FIN4. The van der Waals surface area contributed by atoms with Gasteiger partial charge in [-0.3, -0.25) is 4.99 Å². The summed E-state index contributed by atoms with van der Waals surface area (Å²) < 4.78 is 13.2. The van der Waals surface area contributed by atoms with Gasteiger partial charge in [0.25, 0.3) is 0 Å². The number of halogens is 2. The van der Waals surface area contributed by atoms with Gasteiger partial charge in [0.1, 0.15) is 5.82 Å². The van der Waals surface area contributed by atoms with Gasteiger partial charge in [0.05, 0.1) is 0 Å². The molecule has 0 aliphatic carbocycles. The summed E-state index contributed by atoms with van der Waals surface area (Å²) >= 11 is 0. The quantitative estimate of drug-likeness (QED) is 0.306. The second-order valence-electron chi connectivity index (χ2n) is 5.96. The van der Waals surface area contributed by atoms with Crippen molar-refractivity contribution in [1.29, 1.82) is 0 Å². The van der Waals surface area contributed by atoms with E-state index in [1.54, 1.807) is 13.1 Å². The molecule has 0 aromatic heterocycles. The van der Waals surface area contributed by atoms with E-state index in [4.69, 9.17) is 0 Å². The van der Waals surface area contributed by atoms with Gasteiger partial charge >= 0.3 is 0 Å². The lowest BCUT2D eigenvalue weighted by Crippen LogP contribution is -2.36. The zero-order valence-corrected chi connectivity index (χ0v) is 17.1. The minimum Gasteiger partial charge on any atom is -0.364 e. The fourth-order valence-corrected chi connectivity index (χ4v) is 2.79. The highest BCUT2D eigenvalue weighted by Crippen LogP contribution is 2.18. The fraction of sp³-hybridized carbons (Fsp3) is 0.250. The number of nitrogens with zero attached hydrogens (tertiary/aromatic N) is 2. The molecule has 138 valence electrons. The van der Waals surface area contributed by atoms with Crippen molar-refractivity contribution in [3.63, 3.8) is 0 Å². The molecule has 2 aromatic carbocycles. The molecule has 4 nitrogen and oxygen atoms in total. The van der Waals surface area contributed by atoms with Crippen molar-refractivity contribution in [2.24, 2.45) is 4.99 Å². The van der Waals surface area contributed by atoms with Crippen LogP contribution in [-0.2, 0) is 13.1 Å². The van der Waals surface area contributed by atoms with E-state index in [-0.39, 0.29) is 29.8 Å². The number of hydrogen-bond acceptors (Lipinski definition) is 2. The van der Waals surface area contributed by atoms with Gasteiger partial charge in [-0.2, -0.15) is 0 Å². The van der Waals surface area contributed by atoms with Crippen LogP contribution in [-0.4, -0.2) is 26.1 Å². The molecule has 1 aliphatic rings. The highest BCUT2D eigenvalue weighted by Gasteiger charge is 2.08. The van der Waals surface area contributed by atoms with Gasteiger partial charge in [0.2, 0.25) is 0 Å². The summed E-state index contributed by atoms with van der Waals surface area (Å²) in [6.07, 6.45) is 4.37. The number of nitrogens with one attached hydrogen (secondary N) is 2. The Balaban J connectivity index is 0.00000243. The molecule has 1 aliphatic heterocycles. The second kappa shape index (κ2) is 10.2. The van der Waals surface area contributed by atoms with Gasteiger partial charge in [-0.05, 0) is 35.4 Å². The van der Waals surface area contributed by atoms with Crippen LogP contribution in [0, 0.1) is 5.82 Å². The summed E-state index contributed by atoms with van der Waals surface area (Å²) in [5, 5.41) is 6.50. The summed E-state index contributed by atoms with van der Waals surface area (Å²) in [6.45, 7) is 3.14. The van der Waals surface area contributed by atoms with Crippen molar-refractivity contribution in [1.82, 2.24) is 10.6 Å². The number of rotatable bonds is 5. The Kier molecular flexibility index (Phi) is 7.90. The Bertz CT molecular complexity index is 768. The van der Waals surface area contributed by atoms with E-state index in [9.17, 15) is 4.39 Å². The van der Waals surface area contributed by atoms with E-state index in [1.165, 1.54) is 23.4 Å². The van der Waals surface area contributed by atoms with Gasteiger partial charge in [0, 0.05) is 38.9 Å². The smallest absolute Gasteiger partial charge is 0.191 e. The minimum absolute atomic E-state index is 0. The van der Waals surface area contributed by atoms with Gasteiger partial charge in [-0.1, -0.05) is 36.4 Å². The predicted molar refractivity (Wildman–Crippen MR) is 117 cm³/mol. The monoisotopic (exact) mass is 466 g/mol. The normalized spacial score (nSPS) is 13.5. The Morgan fingerprint density at radius 3 is 2.23 bits per heavy atom. The van der Waals surface area contributed by atoms with Crippen molar-refractivity contribution >= 4 is 35.6 Å². The first-order chi connectivity index (χ1) is 12.2. The van der Waals surface area contributed by atoms with Crippen molar-refractivity contribution in [2.75, 3.05) is 25.0 Å². The van der Waals surface area contributed by atoms with Crippen LogP contribution in [0.4, 0.5) is 10.1 Å². The van der Waals surface area contributed by atoms with Crippen LogP contribution in [0.3, 0.4) is 0 Å². The molecule has 0 radical (unpaired) electrons. The molecular weight excluding hydrogens is 442 g/mol. The molecule has 0 saturated heterocycles. The van der Waals surface area contributed by atoms with Crippen LogP contribution >= 0.6 is 24.0 Å². The van der Waals surface area contributed by atoms with Crippen LogP contribution in [0.5, 0.6) is 0 Å². The Hall–Kier alpha value is -2.09. The molecule has 0 amide bonds. The molecule has 0 saturated carbocycles. The Labute approximate surface area is 171 Å². The molecule has 26 heavy (non-hydrogen) atoms. The lowest BCUT2D eigenvalue weighted by Gasteiger charge is -2.19. The van der Waals surface area contributed by atoms with Crippen LogP contribution in [0.15, 0.2) is 65.7 Å². The lowest BCUT2D eigenvalue weighted by molar-refractivity contribution is 0.624. The van der Waals surface area contributed by atoms with Gasteiger partial charge in [-0.15, -0.1) is 24.0 Å². The van der Waals surface area contributed by atoms with E-state index in [1.807, 2.05) is 6.07 Å². The molecule has 0 unspecified atom stereocenters. The standard InChI is InChI=1S/C20H23FN4.HI/c1-22-20(23-14-16-6-4-8-18(21)12-16)24-15-17-7-5-9-19(13-17)25-10-2-3-11-25;/h2-9,12-13H,10-11,14-15H2,1H3,(H2,22,23,24);1H. The van der Waals surface area contributed by atoms with E-state index in [2.05, 4.69) is 56.9 Å². The van der Waals surface area contributed by atoms with E-state index < -0.39 is 0 Å². The van der Waals surface area contributed by atoms with Gasteiger partial charge in [-0.25, -0.2) is 4.39 Å². The topological polar surface area (TPSA) is 39.7 Å². The maximum atomic E-state index is 13.2. The van der Waals surface area contributed by atoms with Gasteiger partial charge in [0.15, 0.2) is 5.96 Å². The fourth-order valence-electron chi connectivity index (χ4n) is 2.79. The minimum atomic E-state index is -0.226. The Morgan fingerprint density at radius 2 is 1.62 bits per heavy atom. The zero-order chi connectivity index (χ0) is 17.5. The third kappa shape index (κ3) is 5.72. The van der Waals surface area contributed by atoms with Gasteiger partial charge < -0.3 is 15.5 Å². The first-order valence-electron chi connectivity index (χ1n) is 8.42. The molecule has 6 heteroatoms. The Morgan fingerprint density at radius 1 is 1.00 bits per heavy atom. The summed E-state index contributed by atoms with van der Waals surface area (Å²) in [4.78, 5) is 6.54. The number of anilines is 1. The first kappa shape index (κ1) is 20.2. The largest absolute Gasteiger partial charge is 0.364 e. The van der Waals surface area contributed by atoms with Crippen molar-refractivity contribution in [3.05, 3.63) is 77.6 Å². The lowest BCUT2D eigenvalue weighted by atomic mass is 10.2. The predicted octanol–water partition coefficient (Wildman–Crippen LogP) is 3.69. The third-order valence-electron chi connectivity index (χ3n) is 4.13. The van der Waals surface area contributed by atoms with E-state index in [0.29, 0.717) is 19.0 Å². The van der Waals surface area contributed by atoms with E-state index in [0.717, 1.165) is 18.7 Å². The van der Waals surface area contributed by atoms with E-state index >= 15 is 0 Å². The van der Waals surface area contributed by atoms with Crippen LogP contribution in [0.1, 0.15) is 11.1 Å².